The SMILES string of the molecule is CCCCN(CCCC)c1ccc(C2(c3ccc(N(CCCC)CCCC)cc3)OC(=O)c3ccccc32)cc1.CCN(CC)c1ccc(C2(c3ccc(N(CC)CC)cc3)OC(=O)c3ccccc32)cc1. The van der Waals surface area contributed by atoms with E-state index in [9.17, 15) is 9.59 Å². The number of nitrogens with zero attached hydrogens (tertiary/aromatic N) is 4. The number of carbonyl (C=O) groups is 2. The predicted octanol–water partition coefficient (Wildman–Crippen LogP) is 14.8. The van der Waals surface area contributed by atoms with Gasteiger partial charge in [-0.05, 0) is 114 Å². The molecule has 72 heavy (non-hydrogen) atoms. The third-order valence-corrected chi connectivity index (χ3v) is 14.8. The number of hydrogen-bond acceptors (Lipinski definition) is 8. The van der Waals surface area contributed by atoms with E-state index in [1.165, 1.54) is 74.1 Å². The van der Waals surface area contributed by atoms with Gasteiger partial charge < -0.3 is 29.1 Å². The van der Waals surface area contributed by atoms with Crippen LogP contribution in [0.25, 0.3) is 0 Å². The van der Waals surface area contributed by atoms with Crippen LogP contribution in [0.3, 0.4) is 0 Å². The molecule has 8 rings (SSSR count). The molecule has 0 fully saturated rings. The van der Waals surface area contributed by atoms with E-state index >= 15 is 0 Å². The standard InChI is InChI=1S/C36H48N2O2.C28H32N2O2/c1-5-9-25-37(26-10-6-2)31-21-17-29(18-22-31)36(34-16-14-13-15-33(34)35(39)40-36)30-19-23-32(24-20-30)38(27-11-7-3)28-12-8-4;1-5-29(6-2)23-17-13-21(14-18-23)28(26-12-10-9-11-25(26)27(31)32-28)22-15-19-24(20-16-22)30(7-3)8-4/h13-24H,5-12,25-28H2,1-4H3;9-20H,5-8H2,1-4H3. The summed E-state index contributed by atoms with van der Waals surface area (Å²) < 4.78 is 12.6. The van der Waals surface area contributed by atoms with E-state index in [4.69, 9.17) is 9.47 Å². The first-order valence-corrected chi connectivity index (χ1v) is 27.2. The second-order valence-corrected chi connectivity index (χ2v) is 19.2. The lowest BCUT2D eigenvalue weighted by atomic mass is 9.80. The molecule has 0 spiro atoms. The van der Waals surface area contributed by atoms with Crippen molar-refractivity contribution in [3.05, 3.63) is 190 Å². The first-order valence-electron chi connectivity index (χ1n) is 27.2. The minimum absolute atomic E-state index is 0.260. The summed E-state index contributed by atoms with van der Waals surface area (Å²) in [5.74, 6) is -0.537. The van der Waals surface area contributed by atoms with Gasteiger partial charge in [0.1, 0.15) is 0 Å². The van der Waals surface area contributed by atoms with E-state index in [0.717, 1.165) is 85.7 Å². The number of fused-ring (bicyclic) bond motifs is 2. The summed E-state index contributed by atoms with van der Waals surface area (Å²) in [5, 5.41) is 0. The van der Waals surface area contributed by atoms with Gasteiger partial charge in [-0.1, -0.05) is 138 Å². The average molecular weight is 969 g/mol. The fraction of sp³-hybridized carbons (Fsp3) is 0.406. The number of benzene rings is 6. The molecule has 2 aliphatic rings. The Labute approximate surface area is 432 Å². The number of unbranched alkanes of at least 4 members (excludes halogenated alkanes) is 4. The molecule has 0 bridgehead atoms. The number of hydrogen-bond donors (Lipinski definition) is 0. The number of anilines is 4. The summed E-state index contributed by atoms with van der Waals surface area (Å²) in [4.78, 5) is 35.7. The average Bonchev–Trinajstić information content (AvgIpc) is 3.91. The molecule has 0 aromatic heterocycles. The molecule has 6 aromatic carbocycles. The first-order chi connectivity index (χ1) is 35.2. The normalized spacial score (nSPS) is 13.8. The van der Waals surface area contributed by atoms with Gasteiger partial charge in [-0.25, -0.2) is 9.59 Å². The van der Waals surface area contributed by atoms with Crippen molar-refractivity contribution in [3.8, 4) is 0 Å². The minimum atomic E-state index is -0.958. The van der Waals surface area contributed by atoms with Gasteiger partial charge in [0.25, 0.3) is 0 Å². The molecule has 2 aliphatic heterocycles. The molecule has 0 atom stereocenters. The van der Waals surface area contributed by atoms with Crippen LogP contribution in [-0.4, -0.2) is 64.3 Å². The molecule has 6 aromatic rings. The molecule has 0 amide bonds. The van der Waals surface area contributed by atoms with Crippen LogP contribution in [0.4, 0.5) is 22.7 Å². The van der Waals surface area contributed by atoms with E-state index in [0.29, 0.717) is 11.1 Å². The van der Waals surface area contributed by atoms with Crippen LogP contribution in [0.15, 0.2) is 146 Å². The largest absolute Gasteiger partial charge is 0.441 e. The molecule has 0 unspecified atom stereocenters. The maximum absolute atomic E-state index is 13.2. The van der Waals surface area contributed by atoms with Crippen LogP contribution in [0.5, 0.6) is 0 Å². The highest BCUT2D eigenvalue weighted by Gasteiger charge is 2.49. The summed E-state index contributed by atoms with van der Waals surface area (Å²) in [6.45, 7) is 25.7. The van der Waals surface area contributed by atoms with Gasteiger partial charge >= 0.3 is 11.9 Å². The van der Waals surface area contributed by atoms with E-state index in [2.05, 4.69) is 172 Å². The molecule has 8 nitrogen and oxygen atoms in total. The van der Waals surface area contributed by atoms with E-state index in [1.54, 1.807) is 0 Å². The first kappa shape index (κ1) is 53.3. The van der Waals surface area contributed by atoms with Crippen LogP contribution in [0.1, 0.15) is 161 Å². The van der Waals surface area contributed by atoms with Crippen molar-refractivity contribution in [2.75, 3.05) is 72.0 Å². The highest BCUT2D eigenvalue weighted by Crippen LogP contribution is 2.49. The Bertz CT molecular complexity index is 2500. The Morgan fingerprint density at radius 3 is 0.833 bits per heavy atom. The third-order valence-electron chi connectivity index (χ3n) is 14.8. The molecule has 0 radical (unpaired) electrons. The molecule has 2 heterocycles. The van der Waals surface area contributed by atoms with E-state index in [1.807, 2.05) is 48.5 Å². The summed E-state index contributed by atoms with van der Waals surface area (Å²) in [6.07, 6.45) is 9.45. The zero-order valence-corrected chi connectivity index (χ0v) is 44.6. The maximum atomic E-state index is 13.2. The summed E-state index contributed by atoms with van der Waals surface area (Å²) in [6, 6.07) is 50.0. The Kier molecular flexibility index (Phi) is 18.7. The van der Waals surface area contributed by atoms with E-state index in [-0.39, 0.29) is 11.9 Å². The van der Waals surface area contributed by atoms with Crippen molar-refractivity contribution >= 4 is 34.7 Å². The number of esters is 2. The van der Waals surface area contributed by atoms with E-state index < -0.39 is 11.2 Å². The second-order valence-electron chi connectivity index (χ2n) is 19.2. The molecule has 0 saturated carbocycles. The molecule has 0 saturated heterocycles. The minimum Gasteiger partial charge on any atom is -0.441 e. The molecule has 380 valence electrons. The topological polar surface area (TPSA) is 65.6 Å². The number of cyclic esters (lactones) is 2. The molecule has 8 heteroatoms. The zero-order chi connectivity index (χ0) is 51.1. The Balaban J connectivity index is 0.000000216. The Morgan fingerprint density at radius 1 is 0.333 bits per heavy atom. The van der Waals surface area contributed by atoms with Crippen LogP contribution < -0.4 is 19.6 Å². The molecule has 0 N–H and O–H groups in total. The van der Waals surface area contributed by atoms with Gasteiger partial charge in [-0.2, -0.15) is 0 Å². The summed E-state index contributed by atoms with van der Waals surface area (Å²) in [5.41, 5.74) is 9.90. The predicted molar refractivity (Wildman–Crippen MR) is 300 cm³/mol. The van der Waals surface area contributed by atoms with Crippen LogP contribution in [-0.2, 0) is 20.7 Å². The van der Waals surface area contributed by atoms with Gasteiger partial charge in [0.05, 0.1) is 11.1 Å². The van der Waals surface area contributed by atoms with Crippen LogP contribution in [0.2, 0.25) is 0 Å². The highest BCUT2D eigenvalue weighted by molar-refractivity contribution is 5.97. The Hall–Kier alpha value is -6.54. The van der Waals surface area contributed by atoms with Crippen molar-refractivity contribution in [2.24, 2.45) is 0 Å². The Morgan fingerprint density at radius 2 is 0.583 bits per heavy atom. The smallest absolute Gasteiger partial charge is 0.340 e. The van der Waals surface area contributed by atoms with Gasteiger partial charge in [0.2, 0.25) is 0 Å². The monoisotopic (exact) mass is 969 g/mol. The lowest BCUT2D eigenvalue weighted by Crippen LogP contribution is -2.30. The van der Waals surface area contributed by atoms with Crippen molar-refractivity contribution < 1.29 is 19.1 Å². The van der Waals surface area contributed by atoms with Crippen molar-refractivity contribution in [1.82, 2.24) is 0 Å². The number of rotatable bonds is 24. The second kappa shape index (κ2) is 25.2. The molecular formula is C64H80N4O4. The van der Waals surface area contributed by atoms with Gasteiger partial charge in [-0.15, -0.1) is 0 Å². The quantitative estimate of drug-likeness (QED) is 0.0556. The lowest BCUT2D eigenvalue weighted by Gasteiger charge is -2.32. The number of carbonyl (C=O) groups excluding carboxylic acids is 2. The zero-order valence-electron chi connectivity index (χ0n) is 44.6. The van der Waals surface area contributed by atoms with Gasteiger partial charge in [-0.3, -0.25) is 0 Å². The lowest BCUT2D eigenvalue weighted by molar-refractivity contribution is 0.0242. The maximum Gasteiger partial charge on any atom is 0.340 e. The highest BCUT2D eigenvalue weighted by atomic mass is 16.6. The number of ether oxygens (including phenoxy) is 2. The fourth-order valence-corrected chi connectivity index (χ4v) is 10.6. The third kappa shape index (κ3) is 11.1. The van der Waals surface area contributed by atoms with Crippen molar-refractivity contribution in [1.29, 1.82) is 0 Å². The van der Waals surface area contributed by atoms with Crippen LogP contribution >= 0.6 is 0 Å². The fourth-order valence-electron chi connectivity index (χ4n) is 10.6. The van der Waals surface area contributed by atoms with Crippen molar-refractivity contribution in [2.45, 2.75) is 118 Å². The molecule has 0 aliphatic carbocycles. The summed E-state index contributed by atoms with van der Waals surface area (Å²) >= 11 is 0. The summed E-state index contributed by atoms with van der Waals surface area (Å²) in [7, 11) is 0. The van der Waals surface area contributed by atoms with Crippen LogP contribution in [0, 0.1) is 0 Å². The van der Waals surface area contributed by atoms with Gasteiger partial charge in [0, 0.05) is 108 Å². The molecular weight excluding hydrogens is 889 g/mol. The van der Waals surface area contributed by atoms with Crippen molar-refractivity contribution in [3.63, 3.8) is 0 Å². The van der Waals surface area contributed by atoms with Gasteiger partial charge in [0.15, 0.2) is 11.2 Å².